The van der Waals surface area contributed by atoms with Crippen molar-refractivity contribution in [3.8, 4) is 11.4 Å². The third kappa shape index (κ3) is 3.34. The third-order valence-electron chi connectivity index (χ3n) is 5.02. The van der Waals surface area contributed by atoms with E-state index in [0.717, 1.165) is 9.87 Å². The van der Waals surface area contributed by atoms with Gasteiger partial charge in [0.1, 0.15) is 11.4 Å². The summed E-state index contributed by atoms with van der Waals surface area (Å²) in [4.78, 5) is 25.5. The summed E-state index contributed by atoms with van der Waals surface area (Å²) in [5.41, 5.74) is 1.45. The average molecular weight is 441 g/mol. The molecule has 4 rings (SSSR count). The summed E-state index contributed by atoms with van der Waals surface area (Å²) in [5.74, 6) is -0.935. The Morgan fingerprint density at radius 1 is 1.03 bits per heavy atom. The van der Waals surface area contributed by atoms with Crippen molar-refractivity contribution in [1.29, 1.82) is 0 Å². The van der Waals surface area contributed by atoms with Gasteiger partial charge in [0.15, 0.2) is 5.69 Å². The summed E-state index contributed by atoms with van der Waals surface area (Å²) in [6, 6.07) is 12.8. The van der Waals surface area contributed by atoms with Crippen molar-refractivity contribution in [2.45, 2.75) is 18.4 Å². The number of ether oxygens (including phenoxy) is 2. The highest BCUT2D eigenvalue weighted by Gasteiger charge is 2.43. The first-order valence-electron chi connectivity index (χ1n) is 9.26. The number of carbonyl (C=O) groups excluding carboxylic acids is 2. The highest BCUT2D eigenvalue weighted by atomic mass is 32.2. The highest BCUT2D eigenvalue weighted by molar-refractivity contribution is 7.89. The number of fused-ring (bicyclic) bond motifs is 1. The van der Waals surface area contributed by atoms with Gasteiger partial charge < -0.3 is 9.47 Å². The third-order valence-corrected chi connectivity index (χ3v) is 6.76. The normalized spacial score (nSPS) is 13.3. The molecule has 0 bridgehead atoms. The van der Waals surface area contributed by atoms with Crippen LogP contribution >= 0.6 is 0 Å². The van der Waals surface area contributed by atoms with Gasteiger partial charge in [-0.25, -0.2) is 22.2 Å². The molecule has 160 valence electrons. The molecular weight excluding hydrogens is 422 g/mol. The van der Waals surface area contributed by atoms with Crippen LogP contribution in [0.15, 0.2) is 53.4 Å². The van der Waals surface area contributed by atoms with Gasteiger partial charge >= 0.3 is 5.97 Å². The van der Waals surface area contributed by atoms with E-state index in [1.165, 1.54) is 31.0 Å². The van der Waals surface area contributed by atoms with E-state index in [-0.39, 0.29) is 28.4 Å². The summed E-state index contributed by atoms with van der Waals surface area (Å²) < 4.78 is 38.2. The fourth-order valence-corrected chi connectivity index (χ4v) is 4.69. The van der Waals surface area contributed by atoms with Crippen molar-refractivity contribution < 1.29 is 27.5 Å². The van der Waals surface area contributed by atoms with Gasteiger partial charge in [0.2, 0.25) is 0 Å². The zero-order valence-electron chi connectivity index (χ0n) is 17.0. The molecule has 1 aliphatic rings. The van der Waals surface area contributed by atoms with E-state index >= 15 is 0 Å². The first-order valence-corrected chi connectivity index (χ1v) is 10.7. The Bertz CT molecular complexity index is 1280. The fourth-order valence-electron chi connectivity index (χ4n) is 3.36. The maximum atomic E-state index is 13.2. The monoisotopic (exact) mass is 441 g/mol. The minimum absolute atomic E-state index is 0.00116. The van der Waals surface area contributed by atoms with Crippen LogP contribution in [-0.4, -0.2) is 48.6 Å². The number of nitrogens with zero attached hydrogens (tertiary/aromatic N) is 3. The molecule has 31 heavy (non-hydrogen) atoms. The van der Waals surface area contributed by atoms with Crippen LogP contribution in [0, 0.1) is 6.92 Å². The molecule has 0 radical (unpaired) electrons. The highest BCUT2D eigenvalue weighted by Crippen LogP contribution is 2.33. The van der Waals surface area contributed by atoms with Crippen LogP contribution in [0.3, 0.4) is 0 Å². The van der Waals surface area contributed by atoms with E-state index in [0.29, 0.717) is 11.4 Å². The Balaban J connectivity index is 1.83. The topological polar surface area (TPSA) is 108 Å². The summed E-state index contributed by atoms with van der Waals surface area (Å²) >= 11 is 0. The molecule has 1 amide bonds. The van der Waals surface area contributed by atoms with Crippen LogP contribution in [0.5, 0.6) is 5.75 Å². The second kappa shape index (κ2) is 7.55. The van der Waals surface area contributed by atoms with Crippen molar-refractivity contribution in [1.82, 2.24) is 14.1 Å². The largest absolute Gasteiger partial charge is 0.497 e. The molecule has 2 heterocycles. The van der Waals surface area contributed by atoms with E-state index in [2.05, 4.69) is 5.10 Å². The molecule has 0 spiro atoms. The molecule has 0 unspecified atom stereocenters. The summed E-state index contributed by atoms with van der Waals surface area (Å²) in [6.07, 6.45) is 0. The minimum atomic E-state index is -4.13. The minimum Gasteiger partial charge on any atom is -0.497 e. The van der Waals surface area contributed by atoms with Crippen LogP contribution in [0.4, 0.5) is 0 Å². The average Bonchev–Trinajstić information content (AvgIpc) is 3.32. The first-order chi connectivity index (χ1) is 14.8. The molecule has 0 fully saturated rings. The molecule has 3 aromatic rings. The standard InChI is InChI=1S/C21H19N3O6S/c1-13-4-10-16(11-5-13)31(27,28)23-12-17-18(21(26)30-3)22-24(19(17)20(23)25)14-6-8-15(29-2)9-7-14/h4-11H,12H2,1-3H3. The van der Waals surface area contributed by atoms with Gasteiger partial charge in [-0.05, 0) is 43.3 Å². The Hall–Kier alpha value is -3.66. The van der Waals surface area contributed by atoms with Gasteiger partial charge in [0.05, 0.1) is 31.3 Å². The number of carbonyl (C=O) groups is 2. The van der Waals surface area contributed by atoms with Crippen molar-refractivity contribution in [3.63, 3.8) is 0 Å². The maximum Gasteiger partial charge on any atom is 0.358 e. The Morgan fingerprint density at radius 3 is 2.26 bits per heavy atom. The predicted octanol–water partition coefficient (Wildman–Crippen LogP) is 2.32. The van der Waals surface area contributed by atoms with E-state index in [9.17, 15) is 18.0 Å². The van der Waals surface area contributed by atoms with Crippen molar-refractivity contribution in [2.75, 3.05) is 14.2 Å². The Labute approximate surface area is 178 Å². The number of hydrogen-bond acceptors (Lipinski definition) is 7. The molecule has 10 heteroatoms. The van der Waals surface area contributed by atoms with Crippen molar-refractivity contribution in [3.05, 3.63) is 71.0 Å². The van der Waals surface area contributed by atoms with E-state index in [4.69, 9.17) is 9.47 Å². The number of sulfonamides is 1. The van der Waals surface area contributed by atoms with Gasteiger partial charge in [-0.2, -0.15) is 5.10 Å². The first kappa shape index (κ1) is 20.6. The van der Waals surface area contributed by atoms with Crippen LogP contribution in [0.2, 0.25) is 0 Å². The van der Waals surface area contributed by atoms with Crippen LogP contribution < -0.4 is 4.74 Å². The summed E-state index contributed by atoms with van der Waals surface area (Å²) in [6.45, 7) is 1.52. The van der Waals surface area contributed by atoms with Gasteiger partial charge in [-0.3, -0.25) is 4.79 Å². The molecule has 0 saturated carbocycles. The molecular formula is C21H19N3O6S. The molecule has 1 aromatic heterocycles. The van der Waals surface area contributed by atoms with Gasteiger partial charge in [-0.15, -0.1) is 0 Å². The molecule has 2 aromatic carbocycles. The van der Waals surface area contributed by atoms with Crippen molar-refractivity contribution in [2.24, 2.45) is 0 Å². The van der Waals surface area contributed by atoms with Crippen LogP contribution in [-0.2, 0) is 21.3 Å². The molecule has 0 N–H and O–H groups in total. The zero-order chi connectivity index (χ0) is 22.3. The molecule has 9 nitrogen and oxygen atoms in total. The lowest BCUT2D eigenvalue weighted by Crippen LogP contribution is -2.32. The summed E-state index contributed by atoms with van der Waals surface area (Å²) in [5, 5.41) is 4.24. The maximum absolute atomic E-state index is 13.2. The predicted molar refractivity (Wildman–Crippen MR) is 110 cm³/mol. The van der Waals surface area contributed by atoms with E-state index in [1.54, 1.807) is 36.4 Å². The number of hydrogen-bond donors (Lipinski definition) is 0. The van der Waals surface area contributed by atoms with Gasteiger partial charge in [0.25, 0.3) is 15.9 Å². The van der Waals surface area contributed by atoms with E-state index in [1.807, 2.05) is 6.92 Å². The summed E-state index contributed by atoms with van der Waals surface area (Å²) in [7, 11) is -1.42. The molecule has 0 atom stereocenters. The zero-order valence-corrected chi connectivity index (χ0v) is 17.8. The fraction of sp³-hybridized carbons (Fsp3) is 0.190. The lowest BCUT2D eigenvalue weighted by Gasteiger charge is -2.17. The number of aromatic nitrogens is 2. The molecule has 1 aliphatic heterocycles. The Morgan fingerprint density at radius 2 is 1.68 bits per heavy atom. The number of methoxy groups -OCH3 is 2. The SMILES string of the molecule is COC(=O)c1nn(-c2ccc(OC)cc2)c2c1CN(S(=O)(=O)c1ccc(C)cc1)C2=O. The second-order valence-electron chi connectivity index (χ2n) is 6.91. The number of esters is 1. The number of benzene rings is 2. The van der Waals surface area contributed by atoms with Crippen LogP contribution in [0.1, 0.15) is 32.1 Å². The van der Waals surface area contributed by atoms with Gasteiger partial charge in [0, 0.05) is 5.56 Å². The number of amides is 1. The quantitative estimate of drug-likeness (QED) is 0.559. The molecule has 0 saturated heterocycles. The van der Waals surface area contributed by atoms with Gasteiger partial charge in [-0.1, -0.05) is 17.7 Å². The second-order valence-corrected chi connectivity index (χ2v) is 8.77. The lowest BCUT2D eigenvalue weighted by molar-refractivity contribution is 0.0590. The number of rotatable bonds is 5. The van der Waals surface area contributed by atoms with Crippen molar-refractivity contribution >= 4 is 21.9 Å². The lowest BCUT2D eigenvalue weighted by atomic mass is 10.2. The smallest absolute Gasteiger partial charge is 0.358 e. The molecule has 0 aliphatic carbocycles. The van der Waals surface area contributed by atoms with Crippen LogP contribution in [0.25, 0.3) is 5.69 Å². The number of aryl methyl sites for hydroxylation is 1. The van der Waals surface area contributed by atoms with E-state index < -0.39 is 21.9 Å². The Kier molecular flexibility index (Phi) is 5.02.